The molecule has 16 heavy (non-hydrogen) atoms. The Balaban J connectivity index is 2.43. The second kappa shape index (κ2) is 5.92. The Kier molecular flexibility index (Phi) is 4.53. The zero-order valence-corrected chi connectivity index (χ0v) is 9.66. The molecule has 0 radical (unpaired) electrons. The van der Waals surface area contributed by atoms with Gasteiger partial charge in [-0.3, -0.25) is 4.79 Å². The van der Waals surface area contributed by atoms with E-state index in [0.29, 0.717) is 6.54 Å². The van der Waals surface area contributed by atoms with Gasteiger partial charge in [0, 0.05) is 18.9 Å². The van der Waals surface area contributed by atoms with Crippen LogP contribution in [0.5, 0.6) is 0 Å². The number of hydrogen-bond acceptors (Lipinski definition) is 2. The molecule has 3 nitrogen and oxygen atoms in total. The Bertz CT molecular complexity index is 389. The zero-order valence-electron chi connectivity index (χ0n) is 9.66. The highest BCUT2D eigenvalue weighted by Crippen LogP contribution is 2.04. The lowest BCUT2D eigenvalue weighted by Crippen LogP contribution is -2.28. The lowest BCUT2D eigenvalue weighted by molar-refractivity contribution is -0.124. The monoisotopic (exact) mass is 216 g/mol. The molecule has 1 aromatic rings. The Labute approximate surface area is 96.1 Å². The minimum Gasteiger partial charge on any atom is -0.352 e. The van der Waals surface area contributed by atoms with Crippen molar-refractivity contribution in [3.63, 3.8) is 0 Å². The first-order valence-corrected chi connectivity index (χ1v) is 5.33. The van der Waals surface area contributed by atoms with Crippen molar-refractivity contribution in [2.24, 2.45) is 5.92 Å². The fraction of sp³-hybridized carbons (Fsp3) is 0.385. The van der Waals surface area contributed by atoms with Crippen molar-refractivity contribution in [2.75, 3.05) is 0 Å². The molecule has 0 saturated heterocycles. The van der Waals surface area contributed by atoms with Crippen molar-refractivity contribution in [1.82, 2.24) is 5.32 Å². The van der Waals surface area contributed by atoms with Gasteiger partial charge >= 0.3 is 0 Å². The highest BCUT2D eigenvalue weighted by molar-refractivity contribution is 5.78. The Hall–Kier alpha value is -1.82. The third-order valence-electron chi connectivity index (χ3n) is 2.43. The fourth-order valence-electron chi connectivity index (χ4n) is 1.30. The minimum atomic E-state index is -0.240. The molecule has 1 unspecified atom stereocenters. The normalized spacial score (nSPS) is 11.6. The fourth-order valence-corrected chi connectivity index (χ4v) is 1.30. The standard InChI is InChI=1S/C13H16N2O/c1-10-3-5-12(6-4-10)9-15-13(16)11(2)7-8-14/h3-6,11H,7,9H2,1-2H3,(H,15,16). The Morgan fingerprint density at radius 1 is 1.44 bits per heavy atom. The summed E-state index contributed by atoms with van der Waals surface area (Å²) >= 11 is 0. The second-order valence-corrected chi connectivity index (χ2v) is 3.97. The van der Waals surface area contributed by atoms with Crippen LogP contribution in [0.3, 0.4) is 0 Å². The average Bonchev–Trinajstić information content (AvgIpc) is 2.28. The van der Waals surface area contributed by atoms with Crippen molar-refractivity contribution in [3.05, 3.63) is 35.4 Å². The number of amides is 1. The van der Waals surface area contributed by atoms with Crippen LogP contribution < -0.4 is 5.32 Å². The van der Waals surface area contributed by atoms with E-state index in [1.807, 2.05) is 37.3 Å². The van der Waals surface area contributed by atoms with Gasteiger partial charge in [-0.25, -0.2) is 0 Å². The average molecular weight is 216 g/mol. The van der Waals surface area contributed by atoms with E-state index in [1.165, 1.54) is 5.56 Å². The molecule has 1 amide bonds. The first-order chi connectivity index (χ1) is 7.63. The lowest BCUT2D eigenvalue weighted by Gasteiger charge is -2.09. The van der Waals surface area contributed by atoms with E-state index in [9.17, 15) is 4.79 Å². The smallest absolute Gasteiger partial charge is 0.224 e. The van der Waals surface area contributed by atoms with Crippen LogP contribution in [0.25, 0.3) is 0 Å². The van der Waals surface area contributed by atoms with E-state index in [4.69, 9.17) is 5.26 Å². The summed E-state index contributed by atoms with van der Waals surface area (Å²) in [7, 11) is 0. The van der Waals surface area contributed by atoms with E-state index in [0.717, 1.165) is 5.56 Å². The number of nitriles is 1. The van der Waals surface area contributed by atoms with Crippen LogP contribution in [-0.2, 0) is 11.3 Å². The molecule has 0 heterocycles. The number of carbonyl (C=O) groups excluding carboxylic acids is 1. The first kappa shape index (κ1) is 12.3. The molecule has 1 N–H and O–H groups in total. The second-order valence-electron chi connectivity index (χ2n) is 3.97. The zero-order chi connectivity index (χ0) is 12.0. The maximum Gasteiger partial charge on any atom is 0.224 e. The lowest BCUT2D eigenvalue weighted by atomic mass is 10.1. The molecule has 1 rings (SSSR count). The van der Waals surface area contributed by atoms with Gasteiger partial charge in [0.1, 0.15) is 0 Å². The van der Waals surface area contributed by atoms with Crippen molar-refractivity contribution < 1.29 is 4.79 Å². The molecule has 84 valence electrons. The molecule has 0 fully saturated rings. The van der Waals surface area contributed by atoms with Crippen molar-refractivity contribution in [2.45, 2.75) is 26.8 Å². The Morgan fingerprint density at radius 3 is 2.62 bits per heavy atom. The van der Waals surface area contributed by atoms with Gasteiger partial charge < -0.3 is 5.32 Å². The van der Waals surface area contributed by atoms with Crippen LogP contribution in [0.15, 0.2) is 24.3 Å². The number of nitrogens with zero attached hydrogens (tertiary/aromatic N) is 1. The number of nitrogens with one attached hydrogen (secondary N) is 1. The summed E-state index contributed by atoms with van der Waals surface area (Å²) in [4.78, 5) is 11.5. The van der Waals surface area contributed by atoms with E-state index < -0.39 is 0 Å². The number of carbonyl (C=O) groups is 1. The molecule has 1 atom stereocenters. The summed E-state index contributed by atoms with van der Waals surface area (Å²) < 4.78 is 0. The number of aryl methyl sites for hydroxylation is 1. The molecule has 0 aliphatic heterocycles. The largest absolute Gasteiger partial charge is 0.352 e. The Morgan fingerprint density at radius 2 is 2.06 bits per heavy atom. The molecule has 0 bridgehead atoms. The van der Waals surface area contributed by atoms with E-state index >= 15 is 0 Å². The van der Waals surface area contributed by atoms with Crippen LogP contribution in [-0.4, -0.2) is 5.91 Å². The van der Waals surface area contributed by atoms with Crippen LogP contribution >= 0.6 is 0 Å². The number of benzene rings is 1. The maximum absolute atomic E-state index is 11.5. The third-order valence-corrected chi connectivity index (χ3v) is 2.43. The van der Waals surface area contributed by atoms with Gasteiger partial charge in [0.15, 0.2) is 0 Å². The third kappa shape index (κ3) is 3.74. The van der Waals surface area contributed by atoms with E-state index in [2.05, 4.69) is 5.32 Å². The van der Waals surface area contributed by atoms with E-state index in [-0.39, 0.29) is 18.2 Å². The van der Waals surface area contributed by atoms with E-state index in [1.54, 1.807) is 6.92 Å². The summed E-state index contributed by atoms with van der Waals surface area (Å²) in [5.74, 6) is -0.308. The summed E-state index contributed by atoms with van der Waals surface area (Å²) in [6.45, 7) is 4.31. The SMILES string of the molecule is Cc1ccc(CNC(=O)C(C)CC#N)cc1. The predicted molar refractivity (Wildman–Crippen MR) is 62.4 cm³/mol. The molecule has 0 aliphatic rings. The summed E-state index contributed by atoms with van der Waals surface area (Å²) in [6, 6.07) is 10.0. The summed E-state index contributed by atoms with van der Waals surface area (Å²) in [5, 5.41) is 11.3. The van der Waals surface area contributed by atoms with Gasteiger partial charge in [-0.15, -0.1) is 0 Å². The molecule has 0 aliphatic carbocycles. The topological polar surface area (TPSA) is 52.9 Å². The summed E-state index contributed by atoms with van der Waals surface area (Å²) in [5.41, 5.74) is 2.27. The van der Waals surface area contributed by atoms with Crippen LogP contribution in [0, 0.1) is 24.2 Å². The highest BCUT2D eigenvalue weighted by atomic mass is 16.1. The minimum absolute atomic E-state index is 0.0675. The van der Waals surface area contributed by atoms with Crippen LogP contribution in [0.2, 0.25) is 0 Å². The quantitative estimate of drug-likeness (QED) is 0.838. The van der Waals surface area contributed by atoms with Crippen molar-refractivity contribution >= 4 is 5.91 Å². The molecule has 0 aromatic heterocycles. The molecular weight excluding hydrogens is 200 g/mol. The number of hydrogen-bond donors (Lipinski definition) is 1. The van der Waals surface area contributed by atoms with Gasteiger partial charge in [-0.05, 0) is 12.5 Å². The molecule has 1 aromatic carbocycles. The van der Waals surface area contributed by atoms with Gasteiger partial charge in [-0.2, -0.15) is 5.26 Å². The van der Waals surface area contributed by atoms with Crippen molar-refractivity contribution in [1.29, 1.82) is 5.26 Å². The highest BCUT2D eigenvalue weighted by Gasteiger charge is 2.11. The molecule has 3 heteroatoms. The van der Waals surface area contributed by atoms with Gasteiger partial charge in [0.25, 0.3) is 0 Å². The van der Waals surface area contributed by atoms with Crippen LogP contribution in [0.1, 0.15) is 24.5 Å². The van der Waals surface area contributed by atoms with Gasteiger partial charge in [0.2, 0.25) is 5.91 Å². The molecular formula is C13H16N2O. The first-order valence-electron chi connectivity index (χ1n) is 5.33. The van der Waals surface area contributed by atoms with Gasteiger partial charge in [-0.1, -0.05) is 36.8 Å². The molecule has 0 spiro atoms. The van der Waals surface area contributed by atoms with Crippen molar-refractivity contribution in [3.8, 4) is 6.07 Å². The number of rotatable bonds is 4. The predicted octanol–water partition coefficient (Wildman–Crippen LogP) is 2.16. The molecule has 0 saturated carbocycles. The van der Waals surface area contributed by atoms with Gasteiger partial charge in [0.05, 0.1) is 6.07 Å². The summed E-state index contributed by atoms with van der Waals surface area (Å²) in [6.07, 6.45) is 0.264. The van der Waals surface area contributed by atoms with Crippen LogP contribution in [0.4, 0.5) is 0 Å². The maximum atomic E-state index is 11.5.